The maximum absolute atomic E-state index is 3.44. The molecule has 86 valence electrons. The molecule has 0 rings (SSSR count). The zero-order valence-electron chi connectivity index (χ0n) is 10.3. The molecular formula is C12H27NS. The number of hydrogen-bond donors (Lipinski definition) is 1. The maximum Gasteiger partial charge on any atom is 0.00417 e. The molecule has 0 radical (unpaired) electrons. The van der Waals surface area contributed by atoms with Gasteiger partial charge in [0.25, 0.3) is 0 Å². The average molecular weight is 217 g/mol. The summed E-state index contributed by atoms with van der Waals surface area (Å²) in [5.74, 6) is 2.14. The quantitative estimate of drug-likeness (QED) is 0.593. The van der Waals surface area contributed by atoms with Gasteiger partial charge in [0.05, 0.1) is 0 Å². The van der Waals surface area contributed by atoms with Crippen LogP contribution in [-0.2, 0) is 0 Å². The zero-order valence-corrected chi connectivity index (χ0v) is 11.1. The highest BCUT2D eigenvalue weighted by atomic mass is 32.2. The van der Waals surface area contributed by atoms with E-state index in [1.807, 2.05) is 0 Å². The molecule has 0 aliphatic heterocycles. The normalized spacial score (nSPS) is 13.5. The summed E-state index contributed by atoms with van der Waals surface area (Å²) in [5.41, 5.74) is 0. The van der Waals surface area contributed by atoms with Gasteiger partial charge in [0.2, 0.25) is 0 Å². The van der Waals surface area contributed by atoms with E-state index >= 15 is 0 Å². The van der Waals surface area contributed by atoms with Crippen LogP contribution in [0.5, 0.6) is 0 Å². The van der Waals surface area contributed by atoms with Crippen LogP contribution in [0.2, 0.25) is 0 Å². The van der Waals surface area contributed by atoms with Crippen LogP contribution in [0.15, 0.2) is 0 Å². The summed E-state index contributed by atoms with van der Waals surface area (Å²) in [6.07, 6.45) is 3.94. The molecule has 1 atom stereocenters. The highest BCUT2D eigenvalue weighted by Crippen LogP contribution is 2.19. The molecule has 14 heavy (non-hydrogen) atoms. The lowest BCUT2D eigenvalue weighted by atomic mass is 10.2. The molecule has 0 aliphatic carbocycles. The molecule has 0 saturated carbocycles. The van der Waals surface area contributed by atoms with Gasteiger partial charge < -0.3 is 5.32 Å². The van der Waals surface area contributed by atoms with Crippen molar-refractivity contribution < 1.29 is 0 Å². The van der Waals surface area contributed by atoms with E-state index in [4.69, 9.17) is 0 Å². The van der Waals surface area contributed by atoms with Gasteiger partial charge in [-0.1, -0.05) is 27.7 Å². The van der Waals surface area contributed by atoms with Crippen molar-refractivity contribution in [2.45, 2.75) is 52.2 Å². The molecule has 0 saturated heterocycles. The number of thioether (sulfide) groups is 1. The Morgan fingerprint density at radius 2 is 1.79 bits per heavy atom. The van der Waals surface area contributed by atoms with E-state index in [1.54, 1.807) is 0 Å². The van der Waals surface area contributed by atoms with Crippen molar-refractivity contribution in [3.05, 3.63) is 0 Å². The minimum atomic E-state index is 0.818. The smallest absolute Gasteiger partial charge is 0.00417 e. The van der Waals surface area contributed by atoms with Gasteiger partial charge in [0.15, 0.2) is 0 Å². The zero-order chi connectivity index (χ0) is 10.8. The molecule has 0 aromatic carbocycles. The van der Waals surface area contributed by atoms with Crippen molar-refractivity contribution in [2.75, 3.05) is 18.8 Å². The van der Waals surface area contributed by atoms with E-state index in [2.05, 4.69) is 44.8 Å². The molecule has 0 aliphatic rings. The lowest BCUT2D eigenvalue weighted by Gasteiger charge is -2.14. The number of nitrogens with one attached hydrogen (secondary N) is 1. The molecule has 0 bridgehead atoms. The minimum absolute atomic E-state index is 0.818. The van der Waals surface area contributed by atoms with Gasteiger partial charge in [-0.15, -0.1) is 0 Å². The van der Waals surface area contributed by atoms with Crippen molar-refractivity contribution in [3.8, 4) is 0 Å². The Kier molecular flexibility index (Phi) is 10.1. The van der Waals surface area contributed by atoms with Gasteiger partial charge in [-0.25, -0.2) is 0 Å². The second-order valence-corrected chi connectivity index (χ2v) is 5.76. The van der Waals surface area contributed by atoms with Crippen LogP contribution < -0.4 is 5.32 Å². The van der Waals surface area contributed by atoms with Crippen LogP contribution in [0.3, 0.4) is 0 Å². The summed E-state index contributed by atoms with van der Waals surface area (Å²) in [7, 11) is 0. The molecule has 1 N–H and O–H groups in total. The van der Waals surface area contributed by atoms with E-state index in [0.717, 1.165) is 11.2 Å². The van der Waals surface area contributed by atoms with Crippen LogP contribution in [0.4, 0.5) is 0 Å². The van der Waals surface area contributed by atoms with Gasteiger partial charge in [-0.3, -0.25) is 0 Å². The van der Waals surface area contributed by atoms with Crippen molar-refractivity contribution in [3.63, 3.8) is 0 Å². The molecule has 2 heteroatoms. The van der Waals surface area contributed by atoms with E-state index in [9.17, 15) is 0 Å². The topological polar surface area (TPSA) is 12.0 Å². The molecule has 1 nitrogen and oxygen atoms in total. The van der Waals surface area contributed by atoms with E-state index in [1.165, 1.54) is 38.1 Å². The first kappa shape index (κ1) is 14.3. The fraction of sp³-hybridized carbons (Fsp3) is 1.00. The van der Waals surface area contributed by atoms with E-state index < -0.39 is 0 Å². The second kappa shape index (κ2) is 9.85. The van der Waals surface area contributed by atoms with Crippen LogP contribution in [-0.4, -0.2) is 24.1 Å². The first-order chi connectivity index (χ1) is 6.68. The monoisotopic (exact) mass is 217 g/mol. The summed E-state index contributed by atoms with van der Waals surface area (Å²) in [4.78, 5) is 0. The molecule has 0 aromatic heterocycles. The Bertz CT molecular complexity index is 115. The van der Waals surface area contributed by atoms with Gasteiger partial charge in [0.1, 0.15) is 0 Å². The predicted octanol–water partition coefficient (Wildman–Crippen LogP) is 3.54. The molecule has 1 unspecified atom stereocenters. The highest BCUT2D eigenvalue weighted by molar-refractivity contribution is 7.99. The average Bonchev–Trinajstić information content (AvgIpc) is 2.16. The highest BCUT2D eigenvalue weighted by Gasteiger charge is 2.05. The van der Waals surface area contributed by atoms with Crippen LogP contribution in [0.25, 0.3) is 0 Å². The standard InChI is InChI=1S/C12H27NS/c1-5-8-13-9-6-7-10-14-12(4)11(2)3/h11-13H,5-10H2,1-4H3. The Morgan fingerprint density at radius 3 is 2.36 bits per heavy atom. The van der Waals surface area contributed by atoms with Crippen LogP contribution in [0.1, 0.15) is 47.0 Å². The molecule has 0 fully saturated rings. The van der Waals surface area contributed by atoms with Crippen molar-refractivity contribution in [1.82, 2.24) is 5.32 Å². The Labute approximate surface area is 94.4 Å². The number of hydrogen-bond acceptors (Lipinski definition) is 2. The summed E-state index contributed by atoms with van der Waals surface area (Å²) in [6.45, 7) is 11.5. The summed E-state index contributed by atoms with van der Waals surface area (Å²) in [6, 6.07) is 0. The summed E-state index contributed by atoms with van der Waals surface area (Å²) < 4.78 is 0. The molecule has 0 spiro atoms. The fourth-order valence-corrected chi connectivity index (χ4v) is 2.24. The van der Waals surface area contributed by atoms with E-state index in [0.29, 0.717) is 0 Å². The molecular weight excluding hydrogens is 190 g/mol. The van der Waals surface area contributed by atoms with E-state index in [-0.39, 0.29) is 0 Å². The maximum atomic E-state index is 3.44. The largest absolute Gasteiger partial charge is 0.317 e. The summed E-state index contributed by atoms with van der Waals surface area (Å²) in [5, 5.41) is 4.25. The third kappa shape index (κ3) is 8.89. The SMILES string of the molecule is CCCNCCCCSC(C)C(C)C. The summed E-state index contributed by atoms with van der Waals surface area (Å²) >= 11 is 2.12. The number of unbranched alkanes of at least 4 members (excludes halogenated alkanes) is 1. The van der Waals surface area contributed by atoms with Gasteiger partial charge >= 0.3 is 0 Å². The van der Waals surface area contributed by atoms with Crippen molar-refractivity contribution in [1.29, 1.82) is 0 Å². The van der Waals surface area contributed by atoms with Gasteiger partial charge in [0, 0.05) is 5.25 Å². The Hall–Kier alpha value is 0.310. The van der Waals surface area contributed by atoms with Crippen LogP contribution in [0, 0.1) is 5.92 Å². The van der Waals surface area contributed by atoms with Gasteiger partial charge in [-0.05, 0) is 44.0 Å². The lowest BCUT2D eigenvalue weighted by molar-refractivity contribution is 0.628. The Morgan fingerprint density at radius 1 is 1.07 bits per heavy atom. The van der Waals surface area contributed by atoms with Crippen molar-refractivity contribution in [2.24, 2.45) is 5.92 Å². The third-order valence-electron chi connectivity index (χ3n) is 2.49. The predicted molar refractivity (Wildman–Crippen MR) is 69.2 cm³/mol. The minimum Gasteiger partial charge on any atom is -0.317 e. The van der Waals surface area contributed by atoms with Crippen molar-refractivity contribution >= 4 is 11.8 Å². The first-order valence-corrected chi connectivity index (χ1v) is 7.05. The molecule has 0 amide bonds. The number of rotatable bonds is 9. The second-order valence-electron chi connectivity index (χ2n) is 4.28. The first-order valence-electron chi connectivity index (χ1n) is 6.00. The molecule has 0 aromatic rings. The lowest BCUT2D eigenvalue weighted by Crippen LogP contribution is -2.16. The Balaban J connectivity index is 3.06. The third-order valence-corrected chi connectivity index (χ3v) is 4.09. The van der Waals surface area contributed by atoms with Gasteiger partial charge in [-0.2, -0.15) is 11.8 Å². The molecule has 0 heterocycles. The van der Waals surface area contributed by atoms with Crippen LogP contribution >= 0.6 is 11.8 Å². The fourth-order valence-electron chi connectivity index (χ4n) is 1.12.